The van der Waals surface area contributed by atoms with E-state index in [0.29, 0.717) is 6.42 Å². The van der Waals surface area contributed by atoms with Crippen LogP contribution in [0.2, 0.25) is 0 Å². The normalized spacial score (nSPS) is 18.1. The van der Waals surface area contributed by atoms with E-state index in [1.165, 1.54) is 0 Å². The highest BCUT2D eigenvalue weighted by molar-refractivity contribution is 5.82. The number of aromatic nitrogens is 2. The van der Waals surface area contributed by atoms with Gasteiger partial charge in [-0.25, -0.2) is 0 Å². The maximum Gasteiger partial charge on any atom is 0.239 e. The number of amides is 1. The van der Waals surface area contributed by atoms with Crippen molar-refractivity contribution in [3.63, 3.8) is 0 Å². The van der Waals surface area contributed by atoms with Crippen LogP contribution >= 0.6 is 0 Å². The third kappa shape index (κ3) is 2.83. The van der Waals surface area contributed by atoms with Crippen LogP contribution < -0.4 is 11.1 Å². The Kier molecular flexibility index (Phi) is 3.75. The molecular weight excluding hydrogens is 218 g/mol. The Hall–Kier alpha value is -1.40. The van der Waals surface area contributed by atoms with Crippen molar-refractivity contribution in [2.75, 3.05) is 26.2 Å². The summed E-state index contributed by atoms with van der Waals surface area (Å²) in [6.45, 7) is 5.13. The van der Waals surface area contributed by atoms with E-state index in [4.69, 9.17) is 5.73 Å². The molecule has 1 saturated heterocycles. The van der Waals surface area contributed by atoms with Gasteiger partial charge in [-0.1, -0.05) is 0 Å². The SMILES string of the molecule is Cc1[nH]ncc1CC(N)C(=O)N1CCNCC1. The number of rotatable bonds is 3. The first-order chi connectivity index (χ1) is 8.18. The average molecular weight is 237 g/mol. The lowest BCUT2D eigenvalue weighted by atomic mass is 10.1. The van der Waals surface area contributed by atoms with Gasteiger partial charge in [-0.15, -0.1) is 0 Å². The van der Waals surface area contributed by atoms with Gasteiger partial charge in [0.25, 0.3) is 0 Å². The summed E-state index contributed by atoms with van der Waals surface area (Å²) in [5.74, 6) is 0.0344. The lowest BCUT2D eigenvalue weighted by Crippen LogP contribution is -2.52. The number of piperazine rings is 1. The van der Waals surface area contributed by atoms with Crippen molar-refractivity contribution >= 4 is 5.91 Å². The molecule has 6 heteroatoms. The van der Waals surface area contributed by atoms with Crippen LogP contribution in [-0.4, -0.2) is 53.2 Å². The van der Waals surface area contributed by atoms with Gasteiger partial charge in [0.15, 0.2) is 0 Å². The summed E-state index contributed by atoms with van der Waals surface area (Å²) >= 11 is 0. The van der Waals surface area contributed by atoms with Crippen LogP contribution in [0.3, 0.4) is 0 Å². The second kappa shape index (κ2) is 5.29. The number of aryl methyl sites for hydroxylation is 1. The van der Waals surface area contributed by atoms with Gasteiger partial charge in [-0.3, -0.25) is 9.89 Å². The summed E-state index contributed by atoms with van der Waals surface area (Å²) < 4.78 is 0. The van der Waals surface area contributed by atoms with E-state index in [9.17, 15) is 4.79 Å². The van der Waals surface area contributed by atoms with Gasteiger partial charge in [0.2, 0.25) is 5.91 Å². The molecule has 0 saturated carbocycles. The second-order valence-corrected chi connectivity index (χ2v) is 4.41. The van der Waals surface area contributed by atoms with E-state index in [1.807, 2.05) is 11.8 Å². The smallest absolute Gasteiger partial charge is 0.239 e. The first-order valence-electron chi connectivity index (χ1n) is 5.92. The Morgan fingerprint density at radius 2 is 2.29 bits per heavy atom. The molecule has 0 aromatic carbocycles. The highest BCUT2D eigenvalue weighted by atomic mass is 16.2. The van der Waals surface area contributed by atoms with Crippen molar-refractivity contribution in [2.45, 2.75) is 19.4 Å². The molecule has 1 aliphatic rings. The van der Waals surface area contributed by atoms with Crippen LogP contribution in [0.15, 0.2) is 6.20 Å². The second-order valence-electron chi connectivity index (χ2n) is 4.41. The van der Waals surface area contributed by atoms with Gasteiger partial charge in [0.1, 0.15) is 0 Å². The maximum atomic E-state index is 12.1. The fourth-order valence-corrected chi connectivity index (χ4v) is 2.03. The Balaban J connectivity index is 1.93. The number of nitrogens with one attached hydrogen (secondary N) is 2. The molecule has 1 aromatic rings. The summed E-state index contributed by atoms with van der Waals surface area (Å²) in [7, 11) is 0. The third-order valence-electron chi connectivity index (χ3n) is 3.12. The monoisotopic (exact) mass is 237 g/mol. The molecule has 0 spiro atoms. The zero-order valence-electron chi connectivity index (χ0n) is 10.1. The predicted molar refractivity (Wildman–Crippen MR) is 64.5 cm³/mol. The van der Waals surface area contributed by atoms with E-state index in [1.54, 1.807) is 6.20 Å². The molecule has 6 nitrogen and oxygen atoms in total. The fraction of sp³-hybridized carbons (Fsp3) is 0.636. The number of carbonyl (C=O) groups is 1. The lowest BCUT2D eigenvalue weighted by molar-refractivity contribution is -0.133. The topological polar surface area (TPSA) is 87.0 Å². The van der Waals surface area contributed by atoms with E-state index in [-0.39, 0.29) is 5.91 Å². The van der Waals surface area contributed by atoms with E-state index in [0.717, 1.165) is 37.4 Å². The number of nitrogens with zero attached hydrogens (tertiary/aromatic N) is 2. The molecule has 0 radical (unpaired) electrons. The standard InChI is InChI=1S/C11H19N5O/c1-8-9(7-14-15-8)6-10(12)11(17)16-4-2-13-3-5-16/h7,10,13H,2-6,12H2,1H3,(H,14,15). The van der Waals surface area contributed by atoms with Crippen molar-refractivity contribution in [1.82, 2.24) is 20.4 Å². The number of H-pyrrole nitrogens is 1. The molecule has 1 amide bonds. The van der Waals surface area contributed by atoms with Crippen LogP contribution in [0.25, 0.3) is 0 Å². The van der Waals surface area contributed by atoms with Crippen molar-refractivity contribution in [3.8, 4) is 0 Å². The van der Waals surface area contributed by atoms with Crippen molar-refractivity contribution < 1.29 is 4.79 Å². The molecular formula is C11H19N5O. The fourth-order valence-electron chi connectivity index (χ4n) is 2.03. The van der Waals surface area contributed by atoms with Crippen LogP contribution in [-0.2, 0) is 11.2 Å². The first-order valence-corrected chi connectivity index (χ1v) is 5.92. The zero-order valence-corrected chi connectivity index (χ0v) is 10.1. The average Bonchev–Trinajstić information content (AvgIpc) is 2.75. The van der Waals surface area contributed by atoms with Gasteiger partial charge in [-0.2, -0.15) is 5.10 Å². The number of hydrogen-bond donors (Lipinski definition) is 3. The molecule has 1 aliphatic heterocycles. The molecule has 94 valence electrons. The maximum absolute atomic E-state index is 12.1. The van der Waals surface area contributed by atoms with E-state index >= 15 is 0 Å². The van der Waals surface area contributed by atoms with Gasteiger partial charge in [-0.05, 0) is 18.9 Å². The Morgan fingerprint density at radius 1 is 1.59 bits per heavy atom. The number of nitrogens with two attached hydrogens (primary N) is 1. The molecule has 1 fully saturated rings. The Morgan fingerprint density at radius 3 is 2.88 bits per heavy atom. The van der Waals surface area contributed by atoms with Gasteiger partial charge >= 0.3 is 0 Å². The van der Waals surface area contributed by atoms with E-state index in [2.05, 4.69) is 15.5 Å². The Labute approximate surface area is 101 Å². The number of hydrogen-bond acceptors (Lipinski definition) is 4. The number of carbonyl (C=O) groups excluding carboxylic acids is 1. The minimum absolute atomic E-state index is 0.0344. The van der Waals surface area contributed by atoms with Crippen molar-refractivity contribution in [3.05, 3.63) is 17.5 Å². The lowest BCUT2D eigenvalue weighted by Gasteiger charge is -2.29. The highest BCUT2D eigenvalue weighted by Crippen LogP contribution is 2.07. The van der Waals surface area contributed by atoms with Crippen LogP contribution in [0.1, 0.15) is 11.3 Å². The quantitative estimate of drug-likeness (QED) is 0.630. The van der Waals surface area contributed by atoms with Gasteiger partial charge < -0.3 is 16.0 Å². The number of aromatic amines is 1. The molecule has 2 rings (SSSR count). The predicted octanol–water partition coefficient (Wildman–Crippen LogP) is -0.980. The molecule has 1 unspecified atom stereocenters. The summed E-state index contributed by atoms with van der Waals surface area (Å²) in [5.41, 5.74) is 7.95. The molecule has 4 N–H and O–H groups in total. The van der Waals surface area contributed by atoms with Crippen molar-refractivity contribution in [1.29, 1.82) is 0 Å². The Bertz CT molecular complexity index is 383. The molecule has 0 aliphatic carbocycles. The van der Waals surface area contributed by atoms with Crippen LogP contribution in [0.4, 0.5) is 0 Å². The molecule has 0 bridgehead atoms. The third-order valence-corrected chi connectivity index (χ3v) is 3.12. The van der Waals surface area contributed by atoms with Gasteiger partial charge in [0, 0.05) is 31.9 Å². The summed E-state index contributed by atoms with van der Waals surface area (Å²) in [4.78, 5) is 13.9. The van der Waals surface area contributed by atoms with Crippen LogP contribution in [0, 0.1) is 6.92 Å². The van der Waals surface area contributed by atoms with E-state index < -0.39 is 6.04 Å². The largest absolute Gasteiger partial charge is 0.339 e. The van der Waals surface area contributed by atoms with Gasteiger partial charge in [0.05, 0.1) is 12.2 Å². The summed E-state index contributed by atoms with van der Waals surface area (Å²) in [5, 5.41) is 10.00. The van der Waals surface area contributed by atoms with Crippen LogP contribution in [0.5, 0.6) is 0 Å². The first kappa shape index (κ1) is 12.1. The minimum Gasteiger partial charge on any atom is -0.339 e. The summed E-state index contributed by atoms with van der Waals surface area (Å²) in [6, 6.07) is -0.468. The minimum atomic E-state index is -0.468. The zero-order chi connectivity index (χ0) is 12.3. The molecule has 17 heavy (non-hydrogen) atoms. The summed E-state index contributed by atoms with van der Waals surface area (Å²) in [6.07, 6.45) is 2.28. The molecule has 1 atom stereocenters. The molecule has 1 aromatic heterocycles. The molecule has 2 heterocycles. The van der Waals surface area contributed by atoms with Crippen molar-refractivity contribution in [2.24, 2.45) is 5.73 Å². The highest BCUT2D eigenvalue weighted by Gasteiger charge is 2.23.